The summed E-state index contributed by atoms with van der Waals surface area (Å²) in [5.41, 5.74) is 0.553. The van der Waals surface area contributed by atoms with Gasteiger partial charge >= 0.3 is 5.97 Å². The topological polar surface area (TPSA) is 31.2 Å². The predicted octanol–water partition coefficient (Wildman–Crippen LogP) is 1.46. The second-order valence-electron chi connectivity index (χ2n) is 2.33. The van der Waals surface area contributed by atoms with Crippen molar-refractivity contribution < 1.29 is 9.53 Å². The Kier molecular flexibility index (Phi) is 2.69. The van der Waals surface area contributed by atoms with Gasteiger partial charge in [0, 0.05) is 12.7 Å². The smallest absolute Gasteiger partial charge is 0.354 e. The third-order valence-electron chi connectivity index (χ3n) is 1.55. The molecule has 1 aromatic heterocycles. The minimum atomic E-state index is -0.318. The quantitative estimate of drug-likeness (QED) is 0.501. The van der Waals surface area contributed by atoms with Gasteiger partial charge in [0.25, 0.3) is 0 Å². The van der Waals surface area contributed by atoms with Crippen LogP contribution in [0.4, 0.5) is 0 Å². The number of aromatic nitrogens is 1. The predicted molar refractivity (Wildman–Crippen MR) is 46.0 cm³/mol. The molecule has 1 heterocycles. The lowest BCUT2D eigenvalue weighted by Gasteiger charge is -2.03. The average Bonchev–Trinajstić information content (AvgIpc) is 2.52. The number of hydrogen-bond acceptors (Lipinski definition) is 2. The molecular formula is C9H11NO2. The summed E-state index contributed by atoms with van der Waals surface area (Å²) in [6.45, 7) is 4.21. The Labute approximate surface area is 71.3 Å². The second kappa shape index (κ2) is 3.76. The zero-order valence-electron chi connectivity index (χ0n) is 6.99. The van der Waals surface area contributed by atoms with Crippen LogP contribution in [0.25, 0.3) is 0 Å². The molecule has 0 aromatic carbocycles. The Hall–Kier alpha value is -1.51. The van der Waals surface area contributed by atoms with Crippen LogP contribution < -0.4 is 0 Å². The van der Waals surface area contributed by atoms with Crippen LogP contribution in [0.1, 0.15) is 10.5 Å². The Morgan fingerprint density at radius 2 is 2.58 bits per heavy atom. The van der Waals surface area contributed by atoms with Gasteiger partial charge in [0.2, 0.25) is 0 Å². The summed E-state index contributed by atoms with van der Waals surface area (Å²) >= 11 is 0. The summed E-state index contributed by atoms with van der Waals surface area (Å²) in [4.78, 5) is 11.1. The van der Waals surface area contributed by atoms with Crippen molar-refractivity contribution in [2.24, 2.45) is 0 Å². The zero-order valence-corrected chi connectivity index (χ0v) is 6.99. The van der Waals surface area contributed by atoms with Crippen molar-refractivity contribution in [3.63, 3.8) is 0 Å². The molecule has 3 nitrogen and oxygen atoms in total. The van der Waals surface area contributed by atoms with E-state index in [1.807, 2.05) is 6.20 Å². The van der Waals surface area contributed by atoms with Crippen molar-refractivity contribution in [3.05, 3.63) is 36.7 Å². The van der Waals surface area contributed by atoms with Gasteiger partial charge in [0.05, 0.1) is 7.11 Å². The van der Waals surface area contributed by atoms with E-state index in [0.717, 1.165) is 0 Å². The lowest BCUT2D eigenvalue weighted by molar-refractivity contribution is 0.0589. The number of esters is 1. The molecule has 0 saturated heterocycles. The Morgan fingerprint density at radius 1 is 1.83 bits per heavy atom. The first-order valence-corrected chi connectivity index (χ1v) is 3.64. The van der Waals surface area contributed by atoms with Crippen molar-refractivity contribution in [1.82, 2.24) is 4.57 Å². The van der Waals surface area contributed by atoms with E-state index in [1.54, 1.807) is 22.8 Å². The lowest BCUT2D eigenvalue weighted by Crippen LogP contribution is -2.08. The van der Waals surface area contributed by atoms with Crippen LogP contribution in [0.15, 0.2) is 31.0 Å². The van der Waals surface area contributed by atoms with E-state index < -0.39 is 0 Å². The molecule has 0 aliphatic rings. The van der Waals surface area contributed by atoms with Gasteiger partial charge in [-0.1, -0.05) is 6.08 Å². The fraction of sp³-hybridized carbons (Fsp3) is 0.222. The number of carbonyl (C=O) groups excluding carboxylic acids is 1. The van der Waals surface area contributed by atoms with Crippen molar-refractivity contribution in [3.8, 4) is 0 Å². The average molecular weight is 165 g/mol. The molecule has 12 heavy (non-hydrogen) atoms. The standard InChI is InChI=1S/C9H11NO2/c1-3-6-10-7-4-5-8(10)9(11)12-2/h3-5,7H,1,6H2,2H3. The SMILES string of the molecule is C=CCn1cccc1C(=O)OC. The minimum absolute atomic E-state index is 0.318. The Bertz CT molecular complexity index is 288. The highest BCUT2D eigenvalue weighted by atomic mass is 16.5. The van der Waals surface area contributed by atoms with Crippen molar-refractivity contribution in [2.45, 2.75) is 6.54 Å². The number of allylic oxidation sites excluding steroid dienone is 1. The van der Waals surface area contributed by atoms with Crippen LogP contribution in [0.3, 0.4) is 0 Å². The van der Waals surface area contributed by atoms with Crippen LogP contribution in [-0.2, 0) is 11.3 Å². The number of hydrogen-bond donors (Lipinski definition) is 0. The van der Waals surface area contributed by atoms with E-state index >= 15 is 0 Å². The monoisotopic (exact) mass is 165 g/mol. The molecule has 0 fully saturated rings. The summed E-state index contributed by atoms with van der Waals surface area (Å²) in [7, 11) is 1.37. The highest BCUT2D eigenvalue weighted by Gasteiger charge is 2.08. The maximum absolute atomic E-state index is 11.1. The number of rotatable bonds is 3. The molecule has 0 aliphatic heterocycles. The maximum atomic E-state index is 11.1. The summed E-state index contributed by atoms with van der Waals surface area (Å²) in [5.74, 6) is -0.318. The molecule has 3 heteroatoms. The molecule has 1 aromatic rings. The first kappa shape index (κ1) is 8.59. The zero-order chi connectivity index (χ0) is 8.97. The fourth-order valence-electron chi connectivity index (χ4n) is 1.00. The van der Waals surface area contributed by atoms with E-state index in [0.29, 0.717) is 12.2 Å². The molecule has 0 saturated carbocycles. The lowest BCUT2D eigenvalue weighted by atomic mass is 10.4. The van der Waals surface area contributed by atoms with Crippen LogP contribution in [0.5, 0.6) is 0 Å². The largest absolute Gasteiger partial charge is 0.464 e. The summed E-state index contributed by atoms with van der Waals surface area (Å²) < 4.78 is 6.36. The normalized spacial score (nSPS) is 9.42. The summed E-state index contributed by atoms with van der Waals surface area (Å²) in [6, 6.07) is 3.52. The van der Waals surface area contributed by atoms with E-state index in [9.17, 15) is 4.79 Å². The second-order valence-corrected chi connectivity index (χ2v) is 2.33. The van der Waals surface area contributed by atoms with E-state index in [4.69, 9.17) is 0 Å². The van der Waals surface area contributed by atoms with Gasteiger partial charge in [0.1, 0.15) is 5.69 Å². The number of ether oxygens (including phenoxy) is 1. The van der Waals surface area contributed by atoms with Crippen LogP contribution >= 0.6 is 0 Å². The highest BCUT2D eigenvalue weighted by molar-refractivity contribution is 5.87. The van der Waals surface area contributed by atoms with Crippen molar-refractivity contribution in [2.75, 3.05) is 7.11 Å². The van der Waals surface area contributed by atoms with Gasteiger partial charge in [-0.3, -0.25) is 0 Å². The van der Waals surface area contributed by atoms with Gasteiger partial charge in [-0.25, -0.2) is 4.79 Å². The highest BCUT2D eigenvalue weighted by Crippen LogP contribution is 2.03. The third-order valence-corrected chi connectivity index (χ3v) is 1.55. The molecule has 0 amide bonds. The van der Waals surface area contributed by atoms with Crippen molar-refractivity contribution in [1.29, 1.82) is 0 Å². The summed E-state index contributed by atoms with van der Waals surface area (Å²) in [6.07, 6.45) is 3.54. The van der Waals surface area contributed by atoms with Crippen LogP contribution in [0.2, 0.25) is 0 Å². The fourth-order valence-corrected chi connectivity index (χ4v) is 1.00. The molecule has 64 valence electrons. The molecule has 0 radical (unpaired) electrons. The number of nitrogens with zero attached hydrogens (tertiary/aromatic N) is 1. The molecule has 0 aliphatic carbocycles. The van der Waals surface area contributed by atoms with E-state index in [-0.39, 0.29) is 5.97 Å². The molecule has 0 unspecified atom stereocenters. The number of carbonyl (C=O) groups is 1. The third kappa shape index (κ3) is 1.56. The minimum Gasteiger partial charge on any atom is -0.464 e. The molecule has 1 rings (SSSR count). The van der Waals surface area contributed by atoms with Crippen molar-refractivity contribution >= 4 is 5.97 Å². The number of methoxy groups -OCH3 is 1. The molecule has 0 atom stereocenters. The molecule has 0 spiro atoms. The van der Waals surface area contributed by atoms with E-state index in [2.05, 4.69) is 11.3 Å². The maximum Gasteiger partial charge on any atom is 0.354 e. The first-order chi connectivity index (χ1) is 5.79. The summed E-state index contributed by atoms with van der Waals surface area (Å²) in [5, 5.41) is 0. The first-order valence-electron chi connectivity index (χ1n) is 3.64. The van der Waals surface area contributed by atoms with Gasteiger partial charge in [-0.15, -0.1) is 6.58 Å². The van der Waals surface area contributed by atoms with Crippen LogP contribution in [-0.4, -0.2) is 17.6 Å². The van der Waals surface area contributed by atoms with Crippen LogP contribution in [0, 0.1) is 0 Å². The van der Waals surface area contributed by atoms with Gasteiger partial charge in [-0.05, 0) is 12.1 Å². The molecule has 0 N–H and O–H groups in total. The van der Waals surface area contributed by atoms with Gasteiger partial charge in [-0.2, -0.15) is 0 Å². The molecular weight excluding hydrogens is 154 g/mol. The van der Waals surface area contributed by atoms with Gasteiger partial charge < -0.3 is 9.30 Å². The van der Waals surface area contributed by atoms with E-state index in [1.165, 1.54) is 7.11 Å². The van der Waals surface area contributed by atoms with Gasteiger partial charge in [0.15, 0.2) is 0 Å². The molecule has 0 bridgehead atoms. The Balaban J connectivity index is 2.90. The Morgan fingerprint density at radius 3 is 3.17 bits per heavy atom.